The van der Waals surface area contributed by atoms with E-state index in [4.69, 9.17) is 0 Å². The van der Waals surface area contributed by atoms with Gasteiger partial charge in [0.1, 0.15) is 0 Å². The topological polar surface area (TPSA) is 96.9 Å². The highest BCUT2D eigenvalue weighted by atomic mass is 16.5. The van der Waals surface area contributed by atoms with Gasteiger partial charge in [0.25, 0.3) is 0 Å². The second-order valence-corrected chi connectivity index (χ2v) is 4.60. The highest BCUT2D eigenvalue weighted by molar-refractivity contribution is 6.35. The summed E-state index contributed by atoms with van der Waals surface area (Å²) in [6, 6.07) is 6.35. The van der Waals surface area contributed by atoms with Gasteiger partial charge >= 0.3 is 17.8 Å². The number of benzene rings is 1. The first kappa shape index (κ1) is 17.4. The summed E-state index contributed by atoms with van der Waals surface area (Å²) in [7, 11) is 1.30. The van der Waals surface area contributed by atoms with Crippen LogP contribution in [0.3, 0.4) is 0 Å². The number of ether oxygens (including phenoxy) is 1. The van der Waals surface area contributed by atoms with E-state index in [-0.39, 0.29) is 6.04 Å². The van der Waals surface area contributed by atoms with Crippen molar-refractivity contribution in [3.8, 4) is 0 Å². The Labute approximate surface area is 128 Å². The number of esters is 1. The van der Waals surface area contributed by atoms with Crippen LogP contribution >= 0.6 is 0 Å². The van der Waals surface area contributed by atoms with Crippen molar-refractivity contribution in [1.29, 1.82) is 0 Å². The minimum absolute atomic E-state index is 0.0758. The molecule has 2 N–H and O–H groups in total. The van der Waals surface area contributed by atoms with Crippen LogP contribution in [0, 0.1) is 0 Å². The predicted molar refractivity (Wildman–Crippen MR) is 81.4 cm³/mol. The first-order valence-electron chi connectivity index (χ1n) is 6.80. The van der Waals surface area contributed by atoms with Crippen LogP contribution in [0.25, 0.3) is 0 Å². The summed E-state index contributed by atoms with van der Waals surface area (Å²) in [5.74, 6) is -1.99. The summed E-state index contributed by atoms with van der Waals surface area (Å²) in [4.78, 5) is 34.2. The molecule has 1 aromatic carbocycles. The summed E-state index contributed by atoms with van der Waals surface area (Å²) in [6.45, 7) is 3.70. The average molecular weight is 305 g/mol. The number of hydrazone groups is 1. The second kappa shape index (κ2) is 8.56. The Morgan fingerprint density at radius 3 is 2.41 bits per heavy atom. The molecule has 0 saturated carbocycles. The van der Waals surface area contributed by atoms with E-state index < -0.39 is 17.8 Å². The largest absolute Gasteiger partial charge is 0.465 e. The second-order valence-electron chi connectivity index (χ2n) is 4.60. The fourth-order valence-corrected chi connectivity index (χ4v) is 1.43. The number of nitrogens with one attached hydrogen (secondary N) is 2. The number of rotatable bonds is 5. The van der Waals surface area contributed by atoms with E-state index in [1.165, 1.54) is 13.3 Å². The van der Waals surface area contributed by atoms with Gasteiger partial charge in [-0.3, -0.25) is 9.59 Å². The van der Waals surface area contributed by atoms with Crippen molar-refractivity contribution in [2.75, 3.05) is 7.11 Å². The molecule has 0 radical (unpaired) electrons. The van der Waals surface area contributed by atoms with Crippen LogP contribution in [-0.2, 0) is 14.3 Å². The van der Waals surface area contributed by atoms with Crippen LogP contribution in [0.1, 0.15) is 36.2 Å². The minimum atomic E-state index is -0.831. The zero-order valence-corrected chi connectivity index (χ0v) is 12.8. The van der Waals surface area contributed by atoms with Gasteiger partial charge in [-0.05, 0) is 31.0 Å². The van der Waals surface area contributed by atoms with Crippen molar-refractivity contribution in [3.63, 3.8) is 0 Å². The van der Waals surface area contributed by atoms with E-state index in [0.29, 0.717) is 11.1 Å². The molecule has 0 saturated heterocycles. The van der Waals surface area contributed by atoms with Gasteiger partial charge < -0.3 is 10.1 Å². The standard InChI is InChI=1S/C15H19N3O4/c1-4-10(2)17-13(19)14(20)18-16-9-11-5-7-12(8-6-11)15(21)22-3/h5-10H,4H2,1-3H3,(H,17,19)(H,18,20)/b16-9-/t10-/m0/s1. The van der Waals surface area contributed by atoms with E-state index in [1.807, 2.05) is 6.92 Å². The molecular weight excluding hydrogens is 286 g/mol. The number of nitrogens with zero attached hydrogens (tertiary/aromatic N) is 1. The van der Waals surface area contributed by atoms with Gasteiger partial charge in [0.2, 0.25) is 0 Å². The maximum Gasteiger partial charge on any atom is 0.337 e. The van der Waals surface area contributed by atoms with Gasteiger partial charge in [-0.25, -0.2) is 10.2 Å². The quantitative estimate of drug-likeness (QED) is 0.364. The number of carbonyl (C=O) groups excluding carboxylic acids is 3. The predicted octanol–water partition coefficient (Wildman–Crippen LogP) is 0.838. The number of carbonyl (C=O) groups is 3. The first-order chi connectivity index (χ1) is 10.5. The molecule has 0 aromatic heterocycles. The summed E-state index contributed by atoms with van der Waals surface area (Å²) < 4.78 is 4.58. The van der Waals surface area contributed by atoms with Crippen molar-refractivity contribution in [2.45, 2.75) is 26.3 Å². The number of hydrogen-bond acceptors (Lipinski definition) is 5. The van der Waals surface area contributed by atoms with Crippen LogP contribution in [0.5, 0.6) is 0 Å². The molecule has 7 heteroatoms. The molecule has 2 amide bonds. The normalized spacial score (nSPS) is 11.8. The Bertz CT molecular complexity index is 567. The number of methoxy groups -OCH3 is 1. The third kappa shape index (κ3) is 5.35. The van der Waals surface area contributed by atoms with Crippen molar-refractivity contribution in [1.82, 2.24) is 10.7 Å². The van der Waals surface area contributed by atoms with E-state index in [1.54, 1.807) is 31.2 Å². The van der Waals surface area contributed by atoms with Crippen LogP contribution in [0.2, 0.25) is 0 Å². The van der Waals surface area contributed by atoms with Crippen LogP contribution in [-0.4, -0.2) is 37.1 Å². The van der Waals surface area contributed by atoms with Crippen LogP contribution in [0.4, 0.5) is 0 Å². The Morgan fingerprint density at radius 2 is 1.86 bits per heavy atom. The fraction of sp³-hybridized carbons (Fsp3) is 0.333. The van der Waals surface area contributed by atoms with Crippen molar-refractivity contribution in [2.24, 2.45) is 5.10 Å². The third-order valence-electron chi connectivity index (χ3n) is 2.91. The summed E-state index contributed by atoms with van der Waals surface area (Å²) in [5, 5.41) is 6.22. The Kier molecular flexibility index (Phi) is 6.75. The maximum atomic E-state index is 11.5. The number of amides is 2. The summed E-state index contributed by atoms with van der Waals surface area (Å²) in [5.41, 5.74) is 3.21. The van der Waals surface area contributed by atoms with Gasteiger partial charge in [0.15, 0.2) is 0 Å². The lowest BCUT2D eigenvalue weighted by molar-refractivity contribution is -0.139. The highest BCUT2D eigenvalue weighted by Crippen LogP contribution is 2.03. The zero-order valence-electron chi connectivity index (χ0n) is 12.8. The third-order valence-corrected chi connectivity index (χ3v) is 2.91. The average Bonchev–Trinajstić information content (AvgIpc) is 2.54. The Hall–Kier alpha value is -2.70. The molecule has 0 aliphatic rings. The summed E-state index contributed by atoms with van der Waals surface area (Å²) in [6.07, 6.45) is 2.10. The van der Waals surface area contributed by atoms with E-state index >= 15 is 0 Å². The lowest BCUT2D eigenvalue weighted by atomic mass is 10.1. The molecule has 0 aliphatic heterocycles. The lowest BCUT2D eigenvalue weighted by Crippen LogP contribution is -2.41. The molecule has 22 heavy (non-hydrogen) atoms. The summed E-state index contributed by atoms with van der Waals surface area (Å²) >= 11 is 0. The van der Waals surface area contributed by atoms with Crippen molar-refractivity contribution >= 4 is 24.0 Å². The molecule has 0 aliphatic carbocycles. The molecule has 1 rings (SSSR count). The van der Waals surface area contributed by atoms with Gasteiger partial charge in [-0.15, -0.1) is 0 Å². The van der Waals surface area contributed by atoms with Gasteiger partial charge in [0, 0.05) is 6.04 Å². The first-order valence-corrected chi connectivity index (χ1v) is 6.80. The Morgan fingerprint density at radius 1 is 1.23 bits per heavy atom. The van der Waals surface area contributed by atoms with Crippen molar-refractivity contribution < 1.29 is 19.1 Å². The molecule has 0 heterocycles. The van der Waals surface area contributed by atoms with Crippen molar-refractivity contribution in [3.05, 3.63) is 35.4 Å². The molecule has 0 spiro atoms. The van der Waals surface area contributed by atoms with E-state index in [0.717, 1.165) is 6.42 Å². The van der Waals surface area contributed by atoms with E-state index in [9.17, 15) is 14.4 Å². The van der Waals surface area contributed by atoms with Gasteiger partial charge in [-0.2, -0.15) is 5.10 Å². The molecule has 1 aromatic rings. The molecule has 118 valence electrons. The maximum absolute atomic E-state index is 11.5. The van der Waals surface area contributed by atoms with Crippen LogP contribution in [0.15, 0.2) is 29.4 Å². The van der Waals surface area contributed by atoms with E-state index in [2.05, 4.69) is 20.6 Å². The fourth-order valence-electron chi connectivity index (χ4n) is 1.43. The Balaban J connectivity index is 2.53. The monoisotopic (exact) mass is 305 g/mol. The SMILES string of the molecule is CC[C@H](C)NC(=O)C(=O)N/N=C\c1ccc(C(=O)OC)cc1. The lowest BCUT2D eigenvalue weighted by Gasteiger charge is -2.09. The highest BCUT2D eigenvalue weighted by Gasteiger charge is 2.14. The smallest absolute Gasteiger partial charge is 0.337 e. The molecule has 0 unspecified atom stereocenters. The molecule has 0 fully saturated rings. The molecular formula is C15H19N3O4. The van der Waals surface area contributed by atoms with Crippen LogP contribution < -0.4 is 10.7 Å². The van der Waals surface area contributed by atoms with Gasteiger partial charge in [0.05, 0.1) is 18.9 Å². The molecule has 0 bridgehead atoms. The number of hydrogen-bond donors (Lipinski definition) is 2. The molecule has 1 atom stereocenters. The minimum Gasteiger partial charge on any atom is -0.465 e. The van der Waals surface area contributed by atoms with Gasteiger partial charge in [-0.1, -0.05) is 19.1 Å². The molecule has 7 nitrogen and oxygen atoms in total. The zero-order chi connectivity index (χ0) is 16.5.